The first-order valence-corrected chi connectivity index (χ1v) is 8.75. The van der Waals surface area contributed by atoms with E-state index in [1.54, 1.807) is 29.5 Å². The molecule has 0 spiro atoms. The molecule has 1 fully saturated rings. The molecule has 23 heavy (non-hydrogen) atoms. The maximum Gasteiger partial charge on any atom is 0.238 e. The summed E-state index contributed by atoms with van der Waals surface area (Å²) in [5, 5.41) is 7.12. The fourth-order valence-electron chi connectivity index (χ4n) is 3.13. The number of carbonyl (C=O) groups is 2. The largest absolute Gasteiger partial charge is 0.324 e. The third-order valence-corrected chi connectivity index (χ3v) is 4.92. The van der Waals surface area contributed by atoms with Gasteiger partial charge in [0.15, 0.2) is 5.78 Å². The van der Waals surface area contributed by atoms with Gasteiger partial charge in [0.25, 0.3) is 0 Å². The van der Waals surface area contributed by atoms with Crippen LogP contribution in [-0.2, 0) is 4.79 Å². The van der Waals surface area contributed by atoms with E-state index >= 15 is 0 Å². The smallest absolute Gasteiger partial charge is 0.238 e. The number of carbonyl (C=O) groups excluding carboxylic acids is 2. The highest BCUT2D eigenvalue weighted by Crippen LogP contribution is 2.32. The highest BCUT2D eigenvalue weighted by Gasteiger charge is 2.27. The average molecular weight is 328 g/mol. The van der Waals surface area contributed by atoms with Crippen LogP contribution in [-0.4, -0.2) is 29.7 Å². The van der Waals surface area contributed by atoms with E-state index in [1.165, 1.54) is 12.5 Å². The summed E-state index contributed by atoms with van der Waals surface area (Å²) < 4.78 is 0. The number of Topliss-reactive ketones (excluding diaryl/α,β-unsaturated/α-hetero) is 1. The van der Waals surface area contributed by atoms with Crippen LogP contribution in [0.4, 0.5) is 5.69 Å². The molecule has 1 aromatic carbocycles. The number of nitrogens with one attached hydrogen (secondary N) is 1. The zero-order valence-electron chi connectivity index (χ0n) is 13.1. The van der Waals surface area contributed by atoms with Crippen molar-refractivity contribution in [2.45, 2.75) is 25.8 Å². The van der Waals surface area contributed by atoms with Crippen LogP contribution in [0.5, 0.6) is 0 Å². The Morgan fingerprint density at radius 2 is 2.13 bits per heavy atom. The van der Waals surface area contributed by atoms with Gasteiger partial charge in [0.05, 0.1) is 12.2 Å². The zero-order valence-corrected chi connectivity index (χ0v) is 13.9. The second-order valence-corrected chi connectivity index (χ2v) is 6.62. The van der Waals surface area contributed by atoms with Gasteiger partial charge in [-0.3, -0.25) is 14.5 Å². The highest BCUT2D eigenvalue weighted by atomic mass is 32.1. The molecule has 2 aromatic rings. The van der Waals surface area contributed by atoms with Crippen molar-refractivity contribution in [3.63, 3.8) is 0 Å². The molecule has 120 valence electrons. The highest BCUT2D eigenvalue weighted by molar-refractivity contribution is 7.07. The first-order chi connectivity index (χ1) is 11.1. The van der Waals surface area contributed by atoms with E-state index in [9.17, 15) is 9.59 Å². The van der Waals surface area contributed by atoms with E-state index in [2.05, 4.69) is 27.0 Å². The third-order valence-electron chi connectivity index (χ3n) is 4.22. The summed E-state index contributed by atoms with van der Waals surface area (Å²) in [4.78, 5) is 26.3. The van der Waals surface area contributed by atoms with Crippen LogP contribution in [0.25, 0.3) is 0 Å². The second-order valence-electron chi connectivity index (χ2n) is 5.84. The number of hydrogen-bond donors (Lipinski definition) is 1. The van der Waals surface area contributed by atoms with Gasteiger partial charge in [-0.25, -0.2) is 0 Å². The van der Waals surface area contributed by atoms with Crippen molar-refractivity contribution in [2.75, 3.05) is 18.4 Å². The molecule has 4 nitrogen and oxygen atoms in total. The van der Waals surface area contributed by atoms with Crippen molar-refractivity contribution in [1.29, 1.82) is 0 Å². The number of anilines is 1. The SMILES string of the molecule is CC(=O)c1ccccc1NC(=O)CN1CCCC1c1ccsc1. The summed E-state index contributed by atoms with van der Waals surface area (Å²) in [6.07, 6.45) is 2.20. The normalized spacial score (nSPS) is 18.0. The second kappa shape index (κ2) is 7.06. The molecular formula is C18H20N2O2S. The number of thiophene rings is 1. The first-order valence-electron chi connectivity index (χ1n) is 7.81. The summed E-state index contributed by atoms with van der Waals surface area (Å²) in [5.41, 5.74) is 2.44. The van der Waals surface area contributed by atoms with Crippen molar-refractivity contribution >= 4 is 28.7 Å². The van der Waals surface area contributed by atoms with Gasteiger partial charge >= 0.3 is 0 Å². The van der Waals surface area contributed by atoms with Gasteiger partial charge in [-0.1, -0.05) is 12.1 Å². The van der Waals surface area contributed by atoms with Crippen LogP contribution >= 0.6 is 11.3 Å². The maximum atomic E-state index is 12.4. The Morgan fingerprint density at radius 1 is 1.30 bits per heavy atom. The Labute approximate surface area is 140 Å². The van der Waals surface area contributed by atoms with E-state index < -0.39 is 0 Å². The van der Waals surface area contributed by atoms with Gasteiger partial charge in [-0.2, -0.15) is 11.3 Å². The van der Waals surface area contributed by atoms with Gasteiger partial charge in [0.1, 0.15) is 0 Å². The Morgan fingerprint density at radius 3 is 2.87 bits per heavy atom. The third kappa shape index (κ3) is 3.68. The lowest BCUT2D eigenvalue weighted by Crippen LogP contribution is -2.33. The van der Waals surface area contributed by atoms with Gasteiger partial charge in [-0.05, 0) is 60.8 Å². The quantitative estimate of drug-likeness (QED) is 0.851. The van der Waals surface area contributed by atoms with E-state index in [1.807, 2.05) is 6.07 Å². The molecule has 1 aliphatic rings. The van der Waals surface area contributed by atoms with Gasteiger partial charge in [0, 0.05) is 11.6 Å². The standard InChI is InChI=1S/C18H20N2O2S/c1-13(21)15-5-2-3-6-16(15)19-18(22)11-20-9-4-7-17(20)14-8-10-23-12-14/h2-3,5-6,8,10,12,17H,4,7,9,11H2,1H3,(H,19,22). The number of nitrogens with zero attached hydrogens (tertiary/aromatic N) is 1. The summed E-state index contributed by atoms with van der Waals surface area (Å²) in [7, 11) is 0. The van der Waals surface area contributed by atoms with Crippen LogP contribution in [0.1, 0.15) is 41.7 Å². The molecule has 1 atom stereocenters. The van der Waals surface area contributed by atoms with Crippen molar-refractivity contribution in [2.24, 2.45) is 0 Å². The molecule has 0 bridgehead atoms. The molecule has 0 aliphatic carbocycles. The van der Waals surface area contributed by atoms with Crippen LogP contribution in [0.3, 0.4) is 0 Å². The zero-order chi connectivity index (χ0) is 16.2. The lowest BCUT2D eigenvalue weighted by Gasteiger charge is -2.23. The molecule has 0 saturated carbocycles. The predicted octanol–water partition coefficient (Wildman–Crippen LogP) is 3.73. The predicted molar refractivity (Wildman–Crippen MR) is 92.9 cm³/mol. The summed E-state index contributed by atoms with van der Waals surface area (Å²) in [5.74, 6) is -0.112. The van der Waals surface area contributed by atoms with E-state index in [0.717, 1.165) is 19.4 Å². The van der Waals surface area contributed by atoms with Gasteiger partial charge in [-0.15, -0.1) is 0 Å². The molecule has 1 amide bonds. The number of likely N-dealkylation sites (tertiary alicyclic amines) is 1. The minimum Gasteiger partial charge on any atom is -0.324 e. The number of benzene rings is 1. The molecule has 1 N–H and O–H groups in total. The topological polar surface area (TPSA) is 49.4 Å². The van der Waals surface area contributed by atoms with Crippen LogP contribution in [0.15, 0.2) is 41.1 Å². The monoisotopic (exact) mass is 328 g/mol. The maximum absolute atomic E-state index is 12.4. The van der Waals surface area contributed by atoms with Crippen molar-refractivity contribution in [3.8, 4) is 0 Å². The molecule has 1 aromatic heterocycles. The van der Waals surface area contributed by atoms with Crippen molar-refractivity contribution < 1.29 is 9.59 Å². The fraction of sp³-hybridized carbons (Fsp3) is 0.333. The molecule has 1 saturated heterocycles. The summed E-state index contributed by atoms with van der Waals surface area (Å²) >= 11 is 1.69. The molecule has 0 radical (unpaired) electrons. The molecule has 2 heterocycles. The molecule has 1 aliphatic heterocycles. The lowest BCUT2D eigenvalue weighted by molar-refractivity contribution is -0.117. The number of rotatable bonds is 5. The summed E-state index contributed by atoms with van der Waals surface area (Å²) in [6.45, 7) is 2.80. The first kappa shape index (κ1) is 15.9. The minimum absolute atomic E-state index is 0.0433. The van der Waals surface area contributed by atoms with Crippen LogP contribution < -0.4 is 5.32 Å². The Bertz CT molecular complexity index is 697. The Kier molecular flexibility index (Phi) is 4.88. The number of hydrogen-bond acceptors (Lipinski definition) is 4. The molecular weight excluding hydrogens is 308 g/mol. The van der Waals surface area contributed by atoms with Crippen molar-refractivity contribution in [1.82, 2.24) is 4.90 Å². The number of amides is 1. The van der Waals surface area contributed by atoms with Gasteiger partial charge in [0.2, 0.25) is 5.91 Å². The summed E-state index contributed by atoms with van der Waals surface area (Å²) in [6, 6.07) is 9.61. The lowest BCUT2D eigenvalue weighted by atomic mass is 10.1. The van der Waals surface area contributed by atoms with E-state index in [-0.39, 0.29) is 11.7 Å². The molecule has 5 heteroatoms. The molecule has 3 rings (SSSR count). The van der Waals surface area contributed by atoms with E-state index in [4.69, 9.17) is 0 Å². The Balaban J connectivity index is 1.67. The number of para-hydroxylation sites is 1. The van der Waals surface area contributed by atoms with Crippen LogP contribution in [0.2, 0.25) is 0 Å². The fourth-order valence-corrected chi connectivity index (χ4v) is 3.84. The van der Waals surface area contributed by atoms with Crippen molar-refractivity contribution in [3.05, 3.63) is 52.2 Å². The minimum atomic E-state index is -0.0687. The Hall–Kier alpha value is -1.98. The molecule has 1 unspecified atom stereocenters. The van der Waals surface area contributed by atoms with Gasteiger partial charge < -0.3 is 5.32 Å². The van der Waals surface area contributed by atoms with Crippen LogP contribution in [0, 0.1) is 0 Å². The van der Waals surface area contributed by atoms with E-state index in [0.29, 0.717) is 23.8 Å². The number of ketones is 1. The average Bonchev–Trinajstić information content (AvgIpc) is 3.18.